The molecule has 2 fully saturated rings. The molecule has 8 nitrogen and oxygen atoms in total. The largest absolute Gasteiger partial charge is 0.411 e. The molecule has 0 N–H and O–H groups in total. The van der Waals surface area contributed by atoms with Crippen molar-refractivity contribution in [1.82, 2.24) is 19.4 Å². The number of hydrogen-bond donors (Lipinski definition) is 0. The number of hydrogen-bond acceptors (Lipinski definition) is 7. The van der Waals surface area contributed by atoms with Gasteiger partial charge < -0.3 is 9.32 Å². The van der Waals surface area contributed by atoms with E-state index in [1.807, 2.05) is 4.90 Å². The number of likely N-dealkylation sites (tertiary alicyclic amines) is 1. The second-order valence-corrected chi connectivity index (χ2v) is 11.1. The number of carbonyl (C=O) groups is 1. The Balaban J connectivity index is 1.39. The number of nitrogens with zero attached hydrogens (tertiary/aromatic N) is 4. The summed E-state index contributed by atoms with van der Waals surface area (Å²) >= 11 is 1.23. The average molecular weight is 465 g/mol. The summed E-state index contributed by atoms with van der Waals surface area (Å²) in [6.45, 7) is 5.33. The Hall–Kier alpha value is -1.91. The van der Waals surface area contributed by atoms with Gasteiger partial charge in [-0.2, -0.15) is 4.31 Å². The van der Waals surface area contributed by atoms with E-state index in [-0.39, 0.29) is 28.6 Å². The number of carbonyl (C=O) groups excluding carboxylic acids is 1. The third-order valence-corrected chi connectivity index (χ3v) is 8.73. The number of thioether (sulfide) groups is 1. The standard InChI is InChI=1S/C21H28N4O4S2/c1-15-6-5-7-16(2)25(15)19(26)14-30-21-23-22-20(29-21)17-8-10-18(11-9-17)31(27,28)24-12-3-4-13-24/h8-11,15-16H,3-7,12-14H2,1-2H3/t15-,16+. The third kappa shape index (κ3) is 4.80. The van der Waals surface area contributed by atoms with Gasteiger partial charge in [-0.05, 0) is 70.2 Å². The molecule has 0 spiro atoms. The minimum absolute atomic E-state index is 0.0842. The Morgan fingerprint density at radius 2 is 1.71 bits per heavy atom. The van der Waals surface area contributed by atoms with E-state index >= 15 is 0 Å². The minimum atomic E-state index is -3.45. The van der Waals surface area contributed by atoms with Crippen molar-refractivity contribution in [2.45, 2.75) is 68.2 Å². The van der Waals surface area contributed by atoms with E-state index in [1.54, 1.807) is 24.3 Å². The highest BCUT2D eigenvalue weighted by molar-refractivity contribution is 7.99. The van der Waals surface area contributed by atoms with Gasteiger partial charge in [-0.15, -0.1) is 10.2 Å². The summed E-state index contributed by atoms with van der Waals surface area (Å²) < 4.78 is 32.5. The molecule has 168 valence electrons. The molecule has 2 saturated heterocycles. The lowest BCUT2D eigenvalue weighted by molar-refractivity contribution is -0.134. The third-order valence-electron chi connectivity index (χ3n) is 6.01. The fraction of sp³-hybridized carbons (Fsp3) is 0.571. The summed E-state index contributed by atoms with van der Waals surface area (Å²) in [5.74, 6) is 0.643. The monoisotopic (exact) mass is 464 g/mol. The molecule has 0 radical (unpaired) electrons. The fourth-order valence-electron chi connectivity index (χ4n) is 4.34. The van der Waals surface area contributed by atoms with Gasteiger partial charge in [-0.1, -0.05) is 11.8 Å². The molecule has 1 aromatic carbocycles. The van der Waals surface area contributed by atoms with Gasteiger partial charge in [0.1, 0.15) is 0 Å². The van der Waals surface area contributed by atoms with Gasteiger partial charge in [0.15, 0.2) is 0 Å². The van der Waals surface area contributed by atoms with Crippen molar-refractivity contribution in [3.05, 3.63) is 24.3 Å². The Bertz CT molecular complexity index is 1010. The van der Waals surface area contributed by atoms with Gasteiger partial charge in [0.05, 0.1) is 10.6 Å². The molecule has 2 atom stereocenters. The second-order valence-electron chi connectivity index (χ2n) is 8.23. The molecule has 3 heterocycles. The SMILES string of the molecule is C[C@@H]1CCC[C@H](C)N1C(=O)CSc1nnc(-c2ccc(S(=O)(=O)N3CCCC3)cc2)o1. The van der Waals surface area contributed by atoms with Crippen molar-refractivity contribution >= 4 is 27.7 Å². The molecular formula is C21H28N4O4S2. The van der Waals surface area contributed by atoms with E-state index in [0.717, 1.165) is 32.1 Å². The molecule has 1 aromatic heterocycles. The molecule has 31 heavy (non-hydrogen) atoms. The van der Waals surface area contributed by atoms with Crippen LogP contribution in [0.1, 0.15) is 46.0 Å². The van der Waals surface area contributed by atoms with E-state index in [1.165, 1.54) is 16.1 Å². The lowest BCUT2D eigenvalue weighted by atomic mass is 9.98. The first-order valence-corrected chi connectivity index (χ1v) is 13.2. The van der Waals surface area contributed by atoms with Crippen LogP contribution in [-0.4, -0.2) is 64.7 Å². The van der Waals surface area contributed by atoms with Crippen LogP contribution in [0.15, 0.2) is 38.8 Å². The van der Waals surface area contributed by atoms with Crippen LogP contribution in [0.25, 0.3) is 11.5 Å². The molecule has 10 heteroatoms. The van der Waals surface area contributed by atoms with E-state index in [4.69, 9.17) is 4.42 Å². The Labute approximate surface area is 187 Å². The number of aromatic nitrogens is 2. The van der Waals surface area contributed by atoms with Crippen molar-refractivity contribution in [3.8, 4) is 11.5 Å². The molecular weight excluding hydrogens is 436 g/mol. The predicted octanol–water partition coefficient (Wildman–Crippen LogP) is 3.40. The first-order valence-electron chi connectivity index (χ1n) is 10.7. The lowest BCUT2D eigenvalue weighted by Crippen LogP contribution is -2.48. The summed E-state index contributed by atoms with van der Waals surface area (Å²) in [4.78, 5) is 14.9. The van der Waals surface area contributed by atoms with Crippen LogP contribution in [-0.2, 0) is 14.8 Å². The van der Waals surface area contributed by atoms with Crippen molar-refractivity contribution in [2.24, 2.45) is 0 Å². The zero-order valence-electron chi connectivity index (χ0n) is 17.9. The summed E-state index contributed by atoms with van der Waals surface area (Å²) in [5.41, 5.74) is 0.643. The summed E-state index contributed by atoms with van der Waals surface area (Å²) in [6, 6.07) is 7.00. The van der Waals surface area contributed by atoms with Crippen molar-refractivity contribution in [3.63, 3.8) is 0 Å². The van der Waals surface area contributed by atoms with E-state index in [9.17, 15) is 13.2 Å². The second kappa shape index (κ2) is 9.30. The smallest absolute Gasteiger partial charge is 0.277 e. The Morgan fingerprint density at radius 3 is 2.35 bits per heavy atom. The molecule has 2 aliphatic rings. The number of piperidine rings is 1. The predicted molar refractivity (Wildman–Crippen MR) is 118 cm³/mol. The van der Waals surface area contributed by atoms with Gasteiger partial charge in [0.2, 0.25) is 21.8 Å². The van der Waals surface area contributed by atoms with Gasteiger partial charge >= 0.3 is 0 Å². The highest BCUT2D eigenvalue weighted by atomic mass is 32.2. The van der Waals surface area contributed by atoms with Crippen LogP contribution in [0, 0.1) is 0 Å². The van der Waals surface area contributed by atoms with Crippen LogP contribution in [0.4, 0.5) is 0 Å². The fourth-order valence-corrected chi connectivity index (χ4v) is 6.49. The summed E-state index contributed by atoms with van der Waals surface area (Å²) in [5, 5.41) is 8.41. The highest BCUT2D eigenvalue weighted by Gasteiger charge is 2.29. The zero-order chi connectivity index (χ0) is 22.0. The van der Waals surface area contributed by atoms with Gasteiger partial charge in [0.25, 0.3) is 5.22 Å². The number of rotatable bonds is 6. The van der Waals surface area contributed by atoms with Gasteiger partial charge in [-0.25, -0.2) is 8.42 Å². The summed E-state index contributed by atoms with van der Waals surface area (Å²) in [7, 11) is -3.45. The minimum Gasteiger partial charge on any atom is -0.411 e. The topological polar surface area (TPSA) is 96.6 Å². The molecule has 0 unspecified atom stereocenters. The first-order chi connectivity index (χ1) is 14.9. The maximum absolute atomic E-state index is 12.7. The average Bonchev–Trinajstić information content (AvgIpc) is 3.45. The zero-order valence-corrected chi connectivity index (χ0v) is 19.5. The van der Waals surface area contributed by atoms with Crippen LogP contribution in [0.3, 0.4) is 0 Å². The van der Waals surface area contributed by atoms with Crippen molar-refractivity contribution < 1.29 is 17.6 Å². The van der Waals surface area contributed by atoms with Crippen LogP contribution in [0.2, 0.25) is 0 Å². The van der Waals surface area contributed by atoms with Crippen LogP contribution < -0.4 is 0 Å². The Kier molecular flexibility index (Phi) is 6.68. The number of amides is 1. The van der Waals surface area contributed by atoms with Crippen molar-refractivity contribution in [2.75, 3.05) is 18.8 Å². The molecule has 0 aliphatic carbocycles. The molecule has 0 saturated carbocycles. The van der Waals surface area contributed by atoms with E-state index < -0.39 is 10.0 Å². The highest BCUT2D eigenvalue weighted by Crippen LogP contribution is 2.28. The van der Waals surface area contributed by atoms with Crippen LogP contribution in [0.5, 0.6) is 0 Å². The Morgan fingerprint density at radius 1 is 1.06 bits per heavy atom. The van der Waals surface area contributed by atoms with Gasteiger partial charge in [-0.3, -0.25) is 4.79 Å². The molecule has 0 bridgehead atoms. The number of sulfonamides is 1. The first kappa shape index (κ1) is 22.3. The lowest BCUT2D eigenvalue weighted by Gasteiger charge is -2.39. The van der Waals surface area contributed by atoms with Gasteiger partial charge in [0, 0.05) is 30.7 Å². The summed E-state index contributed by atoms with van der Waals surface area (Å²) in [6.07, 6.45) is 5.03. The van der Waals surface area contributed by atoms with Crippen molar-refractivity contribution in [1.29, 1.82) is 0 Å². The number of benzene rings is 1. The maximum Gasteiger partial charge on any atom is 0.277 e. The van der Waals surface area contributed by atoms with Crippen LogP contribution >= 0.6 is 11.8 Å². The normalized spacial score (nSPS) is 22.7. The quantitative estimate of drug-likeness (QED) is 0.605. The maximum atomic E-state index is 12.7. The molecule has 2 aromatic rings. The molecule has 4 rings (SSSR count). The molecule has 2 aliphatic heterocycles. The van der Waals surface area contributed by atoms with E-state index in [2.05, 4.69) is 24.0 Å². The van der Waals surface area contributed by atoms with E-state index in [0.29, 0.717) is 29.8 Å². The molecule has 1 amide bonds.